The van der Waals surface area contributed by atoms with Gasteiger partial charge in [0, 0.05) is 6.54 Å². The number of carbonyl (C=O) groups excluding carboxylic acids is 1. The molecule has 0 rings (SSSR count). The van der Waals surface area contributed by atoms with E-state index in [1.807, 2.05) is 0 Å². The van der Waals surface area contributed by atoms with Gasteiger partial charge in [-0.1, -0.05) is 6.92 Å². The maximum atomic E-state index is 11.7. The minimum Gasteiger partial charge on any atom is -0.481 e. The fourth-order valence-electron chi connectivity index (χ4n) is 0.956. The van der Waals surface area contributed by atoms with Crippen molar-refractivity contribution in [1.29, 1.82) is 0 Å². The van der Waals surface area contributed by atoms with Gasteiger partial charge < -0.3 is 15.2 Å². The molecule has 0 spiro atoms. The molecule has 0 saturated heterocycles. The molecule has 0 heterocycles. The fourth-order valence-corrected chi connectivity index (χ4v) is 0.956. The smallest absolute Gasteiger partial charge is 0.411 e. The number of hydrogen-bond donors (Lipinski definition) is 2. The summed E-state index contributed by atoms with van der Waals surface area (Å²) >= 11 is 0. The highest BCUT2D eigenvalue weighted by atomic mass is 19.4. The zero-order chi connectivity index (χ0) is 14.4. The first-order valence-electron chi connectivity index (χ1n) is 5.25. The van der Waals surface area contributed by atoms with E-state index in [-0.39, 0.29) is 13.0 Å². The fraction of sp³-hybridized carbons (Fsp3) is 0.800. The predicted molar refractivity (Wildman–Crippen MR) is 55.9 cm³/mol. The molecule has 18 heavy (non-hydrogen) atoms. The zero-order valence-corrected chi connectivity index (χ0v) is 10.1. The van der Waals surface area contributed by atoms with Crippen LogP contribution in [0.3, 0.4) is 0 Å². The van der Waals surface area contributed by atoms with E-state index in [1.54, 1.807) is 6.92 Å². The molecule has 2 N–H and O–H groups in total. The lowest BCUT2D eigenvalue weighted by molar-refractivity contribution is -0.175. The number of carboxylic acids is 1. The van der Waals surface area contributed by atoms with Crippen LogP contribution in [0.25, 0.3) is 0 Å². The average molecular weight is 271 g/mol. The normalized spacial score (nSPS) is 14.9. The first-order valence-corrected chi connectivity index (χ1v) is 5.25. The zero-order valence-electron chi connectivity index (χ0n) is 10.1. The Balaban J connectivity index is 4.00. The van der Waals surface area contributed by atoms with Gasteiger partial charge in [0.15, 0.2) is 0 Å². The molecule has 1 unspecified atom stereocenters. The molecular weight excluding hydrogens is 255 g/mol. The van der Waals surface area contributed by atoms with Gasteiger partial charge >= 0.3 is 12.1 Å². The number of hydrogen-bond acceptors (Lipinski definition) is 3. The summed E-state index contributed by atoms with van der Waals surface area (Å²) in [5.74, 6) is -1.86. The number of alkyl halides is 3. The van der Waals surface area contributed by atoms with Gasteiger partial charge in [-0.2, -0.15) is 13.2 Å². The third-order valence-corrected chi connectivity index (χ3v) is 2.47. The summed E-state index contributed by atoms with van der Waals surface area (Å²) in [6, 6.07) is 0. The Hall–Kier alpha value is -1.31. The Labute approximate surface area is 102 Å². The van der Waals surface area contributed by atoms with Crippen molar-refractivity contribution in [3.8, 4) is 0 Å². The SMILES string of the molecule is CCC(C)(CNC(=O)COCC(F)(F)F)C(=O)O. The van der Waals surface area contributed by atoms with Gasteiger partial charge in [-0.25, -0.2) is 0 Å². The monoisotopic (exact) mass is 271 g/mol. The molecule has 8 heteroatoms. The molecule has 0 aliphatic carbocycles. The summed E-state index contributed by atoms with van der Waals surface area (Å²) in [6.45, 7) is 0.656. The molecule has 1 amide bonds. The van der Waals surface area contributed by atoms with Crippen molar-refractivity contribution < 1.29 is 32.6 Å². The highest BCUT2D eigenvalue weighted by Gasteiger charge is 2.32. The molecule has 5 nitrogen and oxygen atoms in total. The summed E-state index contributed by atoms with van der Waals surface area (Å²) in [6.07, 6.45) is -4.20. The van der Waals surface area contributed by atoms with Gasteiger partial charge in [0.05, 0.1) is 5.41 Å². The van der Waals surface area contributed by atoms with Crippen LogP contribution in [0.4, 0.5) is 13.2 Å². The topological polar surface area (TPSA) is 75.6 Å². The van der Waals surface area contributed by atoms with E-state index in [1.165, 1.54) is 6.92 Å². The van der Waals surface area contributed by atoms with Crippen LogP contribution < -0.4 is 5.32 Å². The summed E-state index contributed by atoms with van der Waals surface area (Å²) < 4.78 is 39.3. The number of carbonyl (C=O) groups is 2. The van der Waals surface area contributed by atoms with Crippen LogP contribution in [-0.2, 0) is 14.3 Å². The van der Waals surface area contributed by atoms with E-state index in [4.69, 9.17) is 5.11 Å². The Morgan fingerprint density at radius 1 is 1.33 bits per heavy atom. The van der Waals surface area contributed by atoms with E-state index < -0.39 is 36.7 Å². The van der Waals surface area contributed by atoms with Crippen LogP contribution >= 0.6 is 0 Å². The first-order chi connectivity index (χ1) is 8.10. The molecule has 0 aliphatic heterocycles. The van der Waals surface area contributed by atoms with Gasteiger partial charge in [0.2, 0.25) is 5.91 Å². The van der Waals surface area contributed by atoms with Crippen LogP contribution in [0, 0.1) is 5.41 Å². The molecule has 0 bridgehead atoms. The highest BCUT2D eigenvalue weighted by molar-refractivity contribution is 5.79. The molecule has 0 aromatic rings. The van der Waals surface area contributed by atoms with Gasteiger partial charge in [-0.05, 0) is 13.3 Å². The third kappa shape index (κ3) is 6.43. The second-order valence-electron chi connectivity index (χ2n) is 4.10. The van der Waals surface area contributed by atoms with Crippen molar-refractivity contribution >= 4 is 11.9 Å². The summed E-state index contributed by atoms with van der Waals surface area (Å²) in [4.78, 5) is 22.0. The predicted octanol–water partition coefficient (Wildman–Crippen LogP) is 1.18. The molecule has 0 radical (unpaired) electrons. The second-order valence-corrected chi connectivity index (χ2v) is 4.10. The van der Waals surface area contributed by atoms with Crippen molar-refractivity contribution in [1.82, 2.24) is 5.32 Å². The average Bonchev–Trinajstić information content (AvgIpc) is 2.23. The Bertz CT molecular complexity index is 306. The van der Waals surface area contributed by atoms with Gasteiger partial charge in [-0.15, -0.1) is 0 Å². The number of rotatable bonds is 7. The number of aliphatic carboxylic acids is 1. The molecular formula is C10H16F3NO4. The van der Waals surface area contributed by atoms with Crippen LogP contribution in [-0.4, -0.2) is 42.9 Å². The summed E-state index contributed by atoms with van der Waals surface area (Å²) in [5, 5.41) is 11.1. The largest absolute Gasteiger partial charge is 0.481 e. The summed E-state index contributed by atoms with van der Waals surface area (Å²) in [5.41, 5.74) is -1.14. The van der Waals surface area contributed by atoms with E-state index in [0.717, 1.165) is 0 Å². The van der Waals surface area contributed by atoms with Crippen molar-refractivity contribution in [3.63, 3.8) is 0 Å². The number of ether oxygens (including phenoxy) is 1. The van der Waals surface area contributed by atoms with Crippen molar-refractivity contribution in [2.75, 3.05) is 19.8 Å². The Morgan fingerprint density at radius 3 is 2.28 bits per heavy atom. The van der Waals surface area contributed by atoms with Crippen molar-refractivity contribution in [2.24, 2.45) is 5.41 Å². The van der Waals surface area contributed by atoms with E-state index >= 15 is 0 Å². The quantitative estimate of drug-likeness (QED) is 0.729. The van der Waals surface area contributed by atoms with Crippen LogP contribution in [0.2, 0.25) is 0 Å². The minimum atomic E-state index is -4.49. The molecule has 106 valence electrons. The molecule has 1 atom stereocenters. The summed E-state index contributed by atoms with van der Waals surface area (Å²) in [7, 11) is 0. The Morgan fingerprint density at radius 2 is 1.89 bits per heavy atom. The maximum absolute atomic E-state index is 11.7. The van der Waals surface area contributed by atoms with Gasteiger partial charge in [0.25, 0.3) is 0 Å². The molecule has 0 aromatic carbocycles. The first kappa shape index (κ1) is 16.7. The lowest BCUT2D eigenvalue weighted by Gasteiger charge is -2.23. The van der Waals surface area contributed by atoms with Crippen LogP contribution in [0.15, 0.2) is 0 Å². The van der Waals surface area contributed by atoms with E-state index in [9.17, 15) is 22.8 Å². The number of nitrogens with one attached hydrogen (secondary N) is 1. The lowest BCUT2D eigenvalue weighted by Crippen LogP contribution is -2.42. The number of halogens is 3. The third-order valence-electron chi connectivity index (χ3n) is 2.47. The van der Waals surface area contributed by atoms with Crippen LogP contribution in [0.5, 0.6) is 0 Å². The standard InChI is InChI=1S/C10H16F3NO4/c1-3-9(2,8(16)17)5-14-7(15)4-18-6-10(11,12)13/h3-6H2,1-2H3,(H,14,15)(H,16,17). The molecule has 0 aromatic heterocycles. The second kappa shape index (κ2) is 6.58. The lowest BCUT2D eigenvalue weighted by atomic mass is 9.88. The van der Waals surface area contributed by atoms with Crippen molar-refractivity contribution in [2.45, 2.75) is 26.4 Å². The van der Waals surface area contributed by atoms with E-state index in [0.29, 0.717) is 0 Å². The van der Waals surface area contributed by atoms with Gasteiger partial charge in [0.1, 0.15) is 13.2 Å². The van der Waals surface area contributed by atoms with Gasteiger partial charge in [-0.3, -0.25) is 9.59 Å². The molecule has 0 fully saturated rings. The molecule has 0 saturated carbocycles. The molecule has 0 aliphatic rings. The van der Waals surface area contributed by atoms with E-state index in [2.05, 4.69) is 10.1 Å². The Kier molecular flexibility index (Phi) is 6.10. The minimum absolute atomic E-state index is 0.160. The number of carboxylic acid groups (broad SMARTS) is 1. The van der Waals surface area contributed by atoms with Crippen molar-refractivity contribution in [3.05, 3.63) is 0 Å². The number of amides is 1. The van der Waals surface area contributed by atoms with Crippen LogP contribution in [0.1, 0.15) is 20.3 Å². The highest BCUT2D eigenvalue weighted by Crippen LogP contribution is 2.19. The maximum Gasteiger partial charge on any atom is 0.411 e.